The second-order valence-electron chi connectivity index (χ2n) is 3.07. The van der Waals surface area contributed by atoms with E-state index in [0.29, 0.717) is 0 Å². The Morgan fingerprint density at radius 2 is 1.75 bits per heavy atom. The Kier molecular flexibility index (Phi) is 3.59. The number of hydrogen-bond donors (Lipinski definition) is 0. The van der Waals surface area contributed by atoms with Gasteiger partial charge in [-0.3, -0.25) is 0 Å². The molecule has 64 valence electrons. The molecule has 0 spiro atoms. The van der Waals surface area contributed by atoms with E-state index in [0.717, 1.165) is 12.8 Å². The van der Waals surface area contributed by atoms with E-state index in [9.17, 15) is 0 Å². The lowest BCUT2D eigenvalue weighted by molar-refractivity contribution is 1.18. The van der Waals surface area contributed by atoms with Crippen LogP contribution in [0.4, 0.5) is 0 Å². The summed E-state index contributed by atoms with van der Waals surface area (Å²) in [5.41, 5.74) is 2.73. The van der Waals surface area contributed by atoms with Crippen molar-refractivity contribution in [3.8, 4) is 0 Å². The average molecular weight is 160 g/mol. The maximum Gasteiger partial charge on any atom is -0.00975 e. The van der Waals surface area contributed by atoms with E-state index in [-0.39, 0.29) is 0 Å². The first-order chi connectivity index (χ1) is 5.83. The first kappa shape index (κ1) is 9.05. The van der Waals surface area contributed by atoms with Crippen LogP contribution >= 0.6 is 0 Å². The van der Waals surface area contributed by atoms with Crippen LogP contribution in [0, 0.1) is 6.92 Å². The zero-order valence-corrected chi connectivity index (χ0v) is 7.88. The molecule has 0 aliphatic heterocycles. The van der Waals surface area contributed by atoms with E-state index in [1.165, 1.54) is 11.1 Å². The molecule has 0 N–H and O–H groups in total. The lowest BCUT2D eigenvalue weighted by Gasteiger charge is -1.96. The highest BCUT2D eigenvalue weighted by atomic mass is 13.9. The third-order valence-corrected chi connectivity index (χ3v) is 1.88. The molecule has 0 heteroatoms. The molecule has 0 aliphatic carbocycles. The Labute approximate surface area is 74.9 Å². The normalized spacial score (nSPS) is 10.8. The summed E-state index contributed by atoms with van der Waals surface area (Å²) in [6, 6.07) is 8.70. The Morgan fingerprint density at radius 3 is 2.33 bits per heavy atom. The second kappa shape index (κ2) is 4.76. The molecular weight excluding hydrogens is 144 g/mol. The largest absolute Gasteiger partial charge is 0.0885 e. The van der Waals surface area contributed by atoms with Gasteiger partial charge in [0.2, 0.25) is 0 Å². The van der Waals surface area contributed by atoms with Gasteiger partial charge >= 0.3 is 0 Å². The average Bonchev–Trinajstić information content (AvgIpc) is 2.09. The summed E-state index contributed by atoms with van der Waals surface area (Å²) in [6.45, 7) is 4.28. The van der Waals surface area contributed by atoms with Gasteiger partial charge in [0, 0.05) is 0 Å². The van der Waals surface area contributed by atoms with E-state index in [4.69, 9.17) is 0 Å². The molecule has 1 aromatic carbocycles. The van der Waals surface area contributed by atoms with E-state index >= 15 is 0 Å². The monoisotopic (exact) mass is 160 g/mol. The fourth-order valence-electron chi connectivity index (χ4n) is 1.11. The molecule has 0 aliphatic rings. The van der Waals surface area contributed by atoms with Crippen molar-refractivity contribution in [2.45, 2.75) is 26.7 Å². The summed E-state index contributed by atoms with van der Waals surface area (Å²) in [7, 11) is 0. The summed E-state index contributed by atoms with van der Waals surface area (Å²) in [4.78, 5) is 0. The SMILES string of the molecule is CC/C=C/Cc1ccc(C)cc1. The van der Waals surface area contributed by atoms with Crippen molar-refractivity contribution in [1.82, 2.24) is 0 Å². The topological polar surface area (TPSA) is 0 Å². The molecule has 0 aromatic heterocycles. The molecule has 12 heavy (non-hydrogen) atoms. The minimum atomic E-state index is 1.06. The minimum Gasteiger partial charge on any atom is -0.0885 e. The molecule has 1 aromatic rings. The molecule has 0 saturated carbocycles. The summed E-state index contributed by atoms with van der Waals surface area (Å²) < 4.78 is 0. The van der Waals surface area contributed by atoms with Gasteiger partial charge in [-0.15, -0.1) is 0 Å². The van der Waals surface area contributed by atoms with Crippen molar-refractivity contribution >= 4 is 0 Å². The van der Waals surface area contributed by atoms with E-state index in [1.54, 1.807) is 0 Å². The van der Waals surface area contributed by atoms with Gasteiger partial charge in [0.25, 0.3) is 0 Å². The van der Waals surface area contributed by atoms with Crippen molar-refractivity contribution in [2.75, 3.05) is 0 Å². The molecule has 1 rings (SSSR count). The standard InChI is InChI=1S/C12H16/c1-3-4-5-6-12-9-7-11(2)8-10-12/h4-5,7-10H,3,6H2,1-2H3/b5-4+. The highest BCUT2D eigenvalue weighted by Gasteiger charge is 1.87. The maximum absolute atomic E-state index is 2.23. The fourth-order valence-corrected chi connectivity index (χ4v) is 1.11. The highest BCUT2D eigenvalue weighted by Crippen LogP contribution is 2.04. The molecular formula is C12H16. The number of allylic oxidation sites excluding steroid dienone is 2. The molecule has 0 atom stereocenters. The van der Waals surface area contributed by atoms with Crippen molar-refractivity contribution in [3.63, 3.8) is 0 Å². The van der Waals surface area contributed by atoms with Crippen LogP contribution in [-0.4, -0.2) is 0 Å². The van der Waals surface area contributed by atoms with E-state index in [2.05, 4.69) is 50.3 Å². The summed E-state index contributed by atoms with van der Waals surface area (Å²) in [5, 5.41) is 0. The van der Waals surface area contributed by atoms with Gasteiger partial charge in [-0.2, -0.15) is 0 Å². The number of benzene rings is 1. The van der Waals surface area contributed by atoms with Crippen molar-refractivity contribution < 1.29 is 0 Å². The van der Waals surface area contributed by atoms with Crippen molar-refractivity contribution in [3.05, 3.63) is 47.5 Å². The minimum absolute atomic E-state index is 1.06. The Morgan fingerprint density at radius 1 is 1.08 bits per heavy atom. The van der Waals surface area contributed by atoms with E-state index in [1.807, 2.05) is 0 Å². The first-order valence-corrected chi connectivity index (χ1v) is 4.53. The Hall–Kier alpha value is -1.04. The first-order valence-electron chi connectivity index (χ1n) is 4.53. The molecule has 0 unspecified atom stereocenters. The van der Waals surface area contributed by atoms with Gasteiger partial charge in [0.1, 0.15) is 0 Å². The van der Waals surface area contributed by atoms with Gasteiger partial charge in [-0.25, -0.2) is 0 Å². The van der Waals surface area contributed by atoms with Crippen LogP contribution in [0.3, 0.4) is 0 Å². The molecule has 0 fully saturated rings. The molecule has 0 amide bonds. The van der Waals surface area contributed by atoms with Crippen LogP contribution in [0.25, 0.3) is 0 Å². The zero-order chi connectivity index (χ0) is 8.81. The quantitative estimate of drug-likeness (QED) is 0.594. The predicted octanol–water partition coefficient (Wildman–Crippen LogP) is 3.50. The second-order valence-corrected chi connectivity index (χ2v) is 3.07. The van der Waals surface area contributed by atoms with Crippen LogP contribution in [0.1, 0.15) is 24.5 Å². The molecule has 0 nitrogen and oxygen atoms in total. The lowest BCUT2D eigenvalue weighted by atomic mass is 10.1. The lowest BCUT2D eigenvalue weighted by Crippen LogP contribution is -1.80. The van der Waals surface area contributed by atoms with Crippen molar-refractivity contribution in [1.29, 1.82) is 0 Å². The number of rotatable bonds is 3. The van der Waals surface area contributed by atoms with Crippen LogP contribution in [0.5, 0.6) is 0 Å². The van der Waals surface area contributed by atoms with Gasteiger partial charge in [-0.05, 0) is 25.3 Å². The summed E-state index contributed by atoms with van der Waals surface area (Å²) in [5.74, 6) is 0. The third kappa shape index (κ3) is 2.91. The van der Waals surface area contributed by atoms with Crippen molar-refractivity contribution in [2.24, 2.45) is 0 Å². The summed E-state index contributed by atoms with van der Waals surface area (Å²) >= 11 is 0. The molecule has 0 radical (unpaired) electrons. The molecule has 0 bridgehead atoms. The van der Waals surface area contributed by atoms with Gasteiger partial charge < -0.3 is 0 Å². The highest BCUT2D eigenvalue weighted by molar-refractivity contribution is 5.22. The smallest absolute Gasteiger partial charge is 0.00975 e. The summed E-state index contributed by atoms with van der Waals surface area (Å²) in [6.07, 6.45) is 6.63. The molecule has 0 heterocycles. The van der Waals surface area contributed by atoms with Gasteiger partial charge in [0.15, 0.2) is 0 Å². The van der Waals surface area contributed by atoms with Crippen LogP contribution in [0.15, 0.2) is 36.4 Å². The predicted molar refractivity (Wildman–Crippen MR) is 54.3 cm³/mol. The molecule has 0 saturated heterocycles. The van der Waals surface area contributed by atoms with Crippen LogP contribution in [0.2, 0.25) is 0 Å². The van der Waals surface area contributed by atoms with Gasteiger partial charge in [0.05, 0.1) is 0 Å². The van der Waals surface area contributed by atoms with Crippen LogP contribution in [-0.2, 0) is 6.42 Å². The Balaban J connectivity index is 2.53. The fraction of sp³-hybridized carbons (Fsp3) is 0.333. The van der Waals surface area contributed by atoms with E-state index < -0.39 is 0 Å². The number of aryl methyl sites for hydroxylation is 1. The maximum atomic E-state index is 2.23. The third-order valence-electron chi connectivity index (χ3n) is 1.88. The Bertz CT molecular complexity index is 241. The zero-order valence-electron chi connectivity index (χ0n) is 7.88. The van der Waals surface area contributed by atoms with Crippen LogP contribution < -0.4 is 0 Å². The number of hydrogen-bond acceptors (Lipinski definition) is 0. The van der Waals surface area contributed by atoms with Gasteiger partial charge in [-0.1, -0.05) is 48.9 Å².